The van der Waals surface area contributed by atoms with Gasteiger partial charge in [0.15, 0.2) is 0 Å². The van der Waals surface area contributed by atoms with Crippen molar-refractivity contribution in [2.45, 2.75) is 6.92 Å². The number of benzene rings is 1. The minimum atomic E-state index is -0.0215. The molecule has 94 valence electrons. The molecule has 1 aromatic heterocycles. The van der Waals surface area contributed by atoms with Gasteiger partial charge in [0.05, 0.1) is 5.56 Å². The summed E-state index contributed by atoms with van der Waals surface area (Å²) in [4.78, 5) is 18.0. The fourth-order valence-electron chi connectivity index (χ4n) is 1.70. The van der Waals surface area contributed by atoms with Crippen LogP contribution in [0.15, 0.2) is 54.9 Å². The van der Waals surface area contributed by atoms with Gasteiger partial charge in [-0.1, -0.05) is 18.2 Å². The highest BCUT2D eigenvalue weighted by atomic mass is 35.5. The lowest BCUT2D eigenvalue weighted by Crippen LogP contribution is -2.30. The van der Waals surface area contributed by atoms with Crippen LogP contribution in [-0.2, 0) is 0 Å². The van der Waals surface area contributed by atoms with E-state index in [1.165, 1.54) is 0 Å². The lowest BCUT2D eigenvalue weighted by atomic mass is 10.2. The lowest BCUT2D eigenvalue weighted by molar-refractivity contribution is 0.0988. The maximum Gasteiger partial charge on any atom is 0.259 e. The molecule has 1 heterocycles. The van der Waals surface area contributed by atoms with Crippen molar-refractivity contribution in [2.24, 2.45) is 0 Å². The highest BCUT2D eigenvalue weighted by Gasteiger charge is 2.15. The van der Waals surface area contributed by atoms with E-state index in [4.69, 9.17) is 0 Å². The first kappa shape index (κ1) is 14.2. The Balaban J connectivity index is 0.00000162. The molecule has 2 aromatic rings. The van der Waals surface area contributed by atoms with Crippen molar-refractivity contribution in [3.8, 4) is 0 Å². The van der Waals surface area contributed by atoms with Gasteiger partial charge in [-0.2, -0.15) is 0 Å². The molecule has 18 heavy (non-hydrogen) atoms. The van der Waals surface area contributed by atoms with Crippen LogP contribution in [0.3, 0.4) is 0 Å². The molecule has 1 aromatic carbocycles. The number of aromatic nitrogens is 1. The minimum absolute atomic E-state index is 0. The summed E-state index contributed by atoms with van der Waals surface area (Å²) in [6, 6.07) is 13.2. The zero-order valence-corrected chi connectivity index (χ0v) is 10.9. The van der Waals surface area contributed by atoms with E-state index in [1.54, 1.807) is 29.4 Å². The first-order valence-electron chi connectivity index (χ1n) is 5.60. The van der Waals surface area contributed by atoms with E-state index >= 15 is 0 Å². The number of halogens is 1. The Kier molecular flexibility index (Phi) is 5.33. The van der Waals surface area contributed by atoms with Crippen LogP contribution in [0, 0.1) is 0 Å². The first-order chi connectivity index (χ1) is 8.33. The number of hydrogen-bond acceptors (Lipinski definition) is 2. The molecule has 0 aliphatic rings. The number of para-hydroxylation sites is 1. The summed E-state index contributed by atoms with van der Waals surface area (Å²) in [6.07, 6.45) is 3.25. The standard InChI is InChI=1S/C14H14N2O.ClH/c1-2-16(13-8-4-3-5-9-13)14(17)12-7-6-10-15-11-12;/h3-11H,2H2,1H3;1H. The second-order valence-corrected chi connectivity index (χ2v) is 3.63. The highest BCUT2D eigenvalue weighted by molar-refractivity contribution is 6.05. The molecular formula is C14H15ClN2O. The van der Waals surface area contributed by atoms with Gasteiger partial charge >= 0.3 is 0 Å². The Hall–Kier alpha value is -1.87. The van der Waals surface area contributed by atoms with Crippen LogP contribution in [0.25, 0.3) is 0 Å². The van der Waals surface area contributed by atoms with Gasteiger partial charge in [0.2, 0.25) is 0 Å². The fourth-order valence-corrected chi connectivity index (χ4v) is 1.70. The van der Waals surface area contributed by atoms with Crippen LogP contribution in [0.4, 0.5) is 5.69 Å². The molecule has 0 aliphatic heterocycles. The van der Waals surface area contributed by atoms with E-state index in [0.717, 1.165) is 5.69 Å². The van der Waals surface area contributed by atoms with Crippen LogP contribution in [0.5, 0.6) is 0 Å². The molecule has 4 heteroatoms. The zero-order valence-electron chi connectivity index (χ0n) is 10.1. The Labute approximate surface area is 113 Å². The molecule has 0 saturated heterocycles. The number of amides is 1. The summed E-state index contributed by atoms with van der Waals surface area (Å²) in [5.41, 5.74) is 1.52. The summed E-state index contributed by atoms with van der Waals surface area (Å²) < 4.78 is 0. The molecule has 0 atom stereocenters. The Bertz CT molecular complexity index is 488. The van der Waals surface area contributed by atoms with Crippen LogP contribution in [0.1, 0.15) is 17.3 Å². The monoisotopic (exact) mass is 262 g/mol. The van der Waals surface area contributed by atoms with Gasteiger partial charge in [0.1, 0.15) is 0 Å². The molecule has 1 amide bonds. The van der Waals surface area contributed by atoms with E-state index in [9.17, 15) is 4.79 Å². The van der Waals surface area contributed by atoms with Gasteiger partial charge in [0, 0.05) is 24.6 Å². The Morgan fingerprint density at radius 3 is 2.44 bits per heavy atom. The van der Waals surface area contributed by atoms with Crippen LogP contribution in [-0.4, -0.2) is 17.4 Å². The third-order valence-electron chi connectivity index (χ3n) is 2.54. The normalized spacial score (nSPS) is 9.39. The molecule has 0 N–H and O–H groups in total. The number of anilines is 1. The van der Waals surface area contributed by atoms with Gasteiger partial charge in [0.25, 0.3) is 5.91 Å². The largest absolute Gasteiger partial charge is 0.309 e. The zero-order chi connectivity index (χ0) is 12.1. The smallest absolute Gasteiger partial charge is 0.259 e. The summed E-state index contributed by atoms with van der Waals surface area (Å²) in [7, 11) is 0. The molecular weight excluding hydrogens is 248 g/mol. The lowest BCUT2D eigenvalue weighted by Gasteiger charge is -2.20. The van der Waals surface area contributed by atoms with Gasteiger partial charge in [-0.15, -0.1) is 12.4 Å². The van der Waals surface area contributed by atoms with E-state index in [0.29, 0.717) is 12.1 Å². The number of carbonyl (C=O) groups is 1. The summed E-state index contributed by atoms with van der Waals surface area (Å²) in [5, 5.41) is 0. The van der Waals surface area contributed by atoms with Crippen molar-refractivity contribution < 1.29 is 4.79 Å². The molecule has 0 radical (unpaired) electrons. The molecule has 2 rings (SSSR count). The molecule has 0 aliphatic carbocycles. The number of carbonyl (C=O) groups excluding carboxylic acids is 1. The van der Waals surface area contributed by atoms with E-state index in [2.05, 4.69) is 4.98 Å². The molecule has 0 unspecified atom stereocenters. The second-order valence-electron chi connectivity index (χ2n) is 3.63. The van der Waals surface area contributed by atoms with Gasteiger partial charge in [-0.05, 0) is 31.2 Å². The maximum absolute atomic E-state index is 12.3. The molecule has 0 spiro atoms. The average molecular weight is 263 g/mol. The number of rotatable bonds is 3. The van der Waals surface area contributed by atoms with E-state index in [-0.39, 0.29) is 18.3 Å². The predicted molar refractivity (Wildman–Crippen MR) is 75.3 cm³/mol. The predicted octanol–water partition coefficient (Wildman–Crippen LogP) is 3.17. The van der Waals surface area contributed by atoms with Crippen LogP contribution < -0.4 is 4.90 Å². The molecule has 3 nitrogen and oxygen atoms in total. The van der Waals surface area contributed by atoms with Gasteiger partial charge in [-0.25, -0.2) is 0 Å². The van der Waals surface area contributed by atoms with E-state index < -0.39 is 0 Å². The van der Waals surface area contributed by atoms with E-state index in [1.807, 2.05) is 37.3 Å². The van der Waals surface area contributed by atoms with Crippen LogP contribution >= 0.6 is 12.4 Å². The quantitative estimate of drug-likeness (QED) is 0.851. The summed E-state index contributed by atoms with van der Waals surface area (Å²) >= 11 is 0. The average Bonchev–Trinajstić information content (AvgIpc) is 2.42. The topological polar surface area (TPSA) is 33.2 Å². The van der Waals surface area contributed by atoms with Crippen molar-refractivity contribution >= 4 is 24.0 Å². The number of pyridine rings is 1. The summed E-state index contributed by atoms with van der Waals surface area (Å²) in [5.74, 6) is -0.0215. The van der Waals surface area contributed by atoms with Crippen molar-refractivity contribution in [2.75, 3.05) is 11.4 Å². The maximum atomic E-state index is 12.3. The third-order valence-corrected chi connectivity index (χ3v) is 2.54. The second kappa shape index (κ2) is 6.77. The molecule has 0 bridgehead atoms. The minimum Gasteiger partial charge on any atom is -0.309 e. The van der Waals surface area contributed by atoms with Gasteiger partial charge in [-0.3, -0.25) is 9.78 Å². The van der Waals surface area contributed by atoms with Gasteiger partial charge < -0.3 is 4.90 Å². The highest BCUT2D eigenvalue weighted by Crippen LogP contribution is 2.15. The van der Waals surface area contributed by atoms with Crippen molar-refractivity contribution in [1.82, 2.24) is 4.98 Å². The number of nitrogens with zero attached hydrogens (tertiary/aromatic N) is 2. The van der Waals surface area contributed by atoms with Crippen molar-refractivity contribution in [1.29, 1.82) is 0 Å². The third kappa shape index (κ3) is 3.08. The Morgan fingerprint density at radius 2 is 1.89 bits per heavy atom. The van der Waals surface area contributed by atoms with Crippen molar-refractivity contribution in [3.63, 3.8) is 0 Å². The van der Waals surface area contributed by atoms with Crippen LogP contribution in [0.2, 0.25) is 0 Å². The first-order valence-corrected chi connectivity index (χ1v) is 5.60. The Morgan fingerprint density at radius 1 is 1.17 bits per heavy atom. The van der Waals surface area contributed by atoms with Crippen molar-refractivity contribution in [3.05, 3.63) is 60.4 Å². The molecule has 0 fully saturated rings. The SMILES string of the molecule is CCN(C(=O)c1cccnc1)c1ccccc1.Cl. The fraction of sp³-hybridized carbons (Fsp3) is 0.143. The molecule has 0 saturated carbocycles. The number of hydrogen-bond donors (Lipinski definition) is 0. The summed E-state index contributed by atoms with van der Waals surface area (Å²) in [6.45, 7) is 2.60.